The lowest BCUT2D eigenvalue weighted by Gasteiger charge is -2.11. The molecule has 2 N–H and O–H groups in total. The first-order valence-corrected chi connectivity index (χ1v) is 10.4. The minimum absolute atomic E-state index is 0.280. The Labute approximate surface area is 138 Å². The summed E-state index contributed by atoms with van der Waals surface area (Å²) in [7, 11) is 0. The normalized spacial score (nSPS) is 10.9. The standard InChI is InChI=1S/C11H8BrClIN4P/c12-6-1-2-8(18-19-14)7(3-6)11(15)9-4-16-5-10(13)17-9/h1-5,15,18-19H. The van der Waals surface area contributed by atoms with Crippen LogP contribution in [0.25, 0.3) is 0 Å². The Morgan fingerprint density at radius 1 is 1.42 bits per heavy atom. The van der Waals surface area contributed by atoms with Crippen molar-refractivity contribution < 1.29 is 0 Å². The molecule has 1 unspecified atom stereocenters. The molecule has 1 aromatic heterocycles. The summed E-state index contributed by atoms with van der Waals surface area (Å²) in [6.07, 6.45) is 3.50. The van der Waals surface area contributed by atoms with Crippen molar-refractivity contribution in [2.45, 2.75) is 0 Å². The van der Waals surface area contributed by atoms with Gasteiger partial charge >= 0.3 is 0 Å². The molecule has 0 spiro atoms. The van der Waals surface area contributed by atoms with Gasteiger partial charge in [0, 0.05) is 22.1 Å². The number of anilines is 1. The number of benzene rings is 1. The Bertz CT molecular complexity index is 625. The molecule has 0 fully saturated rings. The van der Waals surface area contributed by atoms with Crippen LogP contribution in [-0.2, 0) is 0 Å². The molecular formula is C11H8BrClIN4P. The molecule has 19 heavy (non-hydrogen) atoms. The zero-order chi connectivity index (χ0) is 13.8. The van der Waals surface area contributed by atoms with Gasteiger partial charge in [-0.15, -0.1) is 0 Å². The van der Waals surface area contributed by atoms with Crippen LogP contribution in [0.3, 0.4) is 0 Å². The van der Waals surface area contributed by atoms with Crippen molar-refractivity contribution >= 4 is 67.3 Å². The molecule has 0 aliphatic rings. The third-order valence-corrected chi connectivity index (χ3v) is 4.14. The van der Waals surface area contributed by atoms with E-state index < -0.39 is 0 Å². The summed E-state index contributed by atoms with van der Waals surface area (Å²) in [5.41, 5.74) is 2.39. The van der Waals surface area contributed by atoms with Crippen LogP contribution in [0, 0.1) is 5.41 Å². The lowest BCUT2D eigenvalue weighted by atomic mass is 10.1. The van der Waals surface area contributed by atoms with Crippen molar-refractivity contribution in [3.8, 4) is 0 Å². The lowest BCUT2D eigenvalue weighted by Crippen LogP contribution is -2.07. The maximum atomic E-state index is 8.26. The quantitative estimate of drug-likeness (QED) is 0.389. The molecule has 0 radical (unpaired) electrons. The summed E-state index contributed by atoms with van der Waals surface area (Å²) in [4.78, 5) is 8.08. The van der Waals surface area contributed by atoms with E-state index in [4.69, 9.17) is 17.0 Å². The molecule has 2 rings (SSSR count). The molecular weight excluding hydrogens is 461 g/mol. The number of halogens is 3. The van der Waals surface area contributed by atoms with Gasteiger partial charge in [0.25, 0.3) is 0 Å². The molecule has 0 bridgehead atoms. The van der Waals surface area contributed by atoms with E-state index in [1.807, 2.05) is 18.2 Å². The van der Waals surface area contributed by atoms with E-state index in [0.717, 1.165) is 15.7 Å². The Kier molecular flexibility index (Phi) is 5.50. The molecule has 0 amide bonds. The predicted octanol–water partition coefficient (Wildman–Crippen LogP) is 4.66. The highest BCUT2D eigenvalue weighted by atomic mass is 127. The first kappa shape index (κ1) is 15.1. The molecule has 98 valence electrons. The van der Waals surface area contributed by atoms with E-state index in [-0.39, 0.29) is 10.9 Å². The van der Waals surface area contributed by atoms with Gasteiger partial charge in [-0.05, 0) is 40.2 Å². The molecule has 1 atom stereocenters. The van der Waals surface area contributed by atoms with Crippen LogP contribution in [-0.4, -0.2) is 15.7 Å². The highest BCUT2D eigenvalue weighted by Crippen LogP contribution is 2.30. The molecule has 2 aromatic rings. The van der Waals surface area contributed by atoms with E-state index in [0.29, 0.717) is 12.1 Å². The fourth-order valence-electron chi connectivity index (χ4n) is 1.48. The predicted molar refractivity (Wildman–Crippen MR) is 93.1 cm³/mol. The Morgan fingerprint density at radius 3 is 2.89 bits per heavy atom. The van der Waals surface area contributed by atoms with Crippen LogP contribution in [0.1, 0.15) is 11.3 Å². The highest BCUT2D eigenvalue weighted by molar-refractivity contribution is 14.2. The molecule has 0 saturated carbocycles. The number of hydrogen-bond donors (Lipinski definition) is 2. The fourth-order valence-corrected chi connectivity index (χ4v) is 3.18. The van der Waals surface area contributed by atoms with Crippen LogP contribution >= 0.6 is 55.9 Å². The van der Waals surface area contributed by atoms with Gasteiger partial charge in [-0.2, -0.15) is 0 Å². The van der Waals surface area contributed by atoms with Gasteiger partial charge in [0.05, 0.1) is 18.1 Å². The average molecular weight is 469 g/mol. The van der Waals surface area contributed by atoms with Gasteiger partial charge in [-0.25, -0.2) is 4.98 Å². The van der Waals surface area contributed by atoms with E-state index >= 15 is 0 Å². The number of nitrogens with zero attached hydrogens (tertiary/aromatic N) is 2. The summed E-state index contributed by atoms with van der Waals surface area (Å²) in [5.74, 6) is 0. The van der Waals surface area contributed by atoms with Gasteiger partial charge < -0.3 is 5.09 Å². The number of hydrogen-bond acceptors (Lipinski definition) is 4. The topological polar surface area (TPSA) is 61.7 Å². The van der Waals surface area contributed by atoms with Crippen LogP contribution in [0.2, 0.25) is 5.15 Å². The lowest BCUT2D eigenvalue weighted by molar-refractivity contribution is 1.17. The maximum absolute atomic E-state index is 8.26. The first-order valence-electron chi connectivity index (χ1n) is 5.10. The Balaban J connectivity index is 2.45. The van der Waals surface area contributed by atoms with Crippen molar-refractivity contribution in [3.05, 3.63) is 51.5 Å². The average Bonchev–Trinajstić information content (AvgIpc) is 2.40. The maximum Gasteiger partial charge on any atom is 0.148 e. The molecule has 4 nitrogen and oxygen atoms in total. The number of rotatable bonds is 4. The van der Waals surface area contributed by atoms with Crippen molar-refractivity contribution in [3.63, 3.8) is 0 Å². The van der Waals surface area contributed by atoms with Crippen molar-refractivity contribution in [1.82, 2.24) is 9.97 Å². The van der Waals surface area contributed by atoms with Crippen LogP contribution in [0.15, 0.2) is 35.1 Å². The molecule has 8 heteroatoms. The molecule has 0 aliphatic heterocycles. The van der Waals surface area contributed by atoms with E-state index in [1.54, 1.807) is 0 Å². The Morgan fingerprint density at radius 2 is 2.21 bits per heavy atom. The van der Waals surface area contributed by atoms with Gasteiger partial charge in [-0.3, -0.25) is 10.4 Å². The minimum atomic E-state index is 0.280. The van der Waals surface area contributed by atoms with Gasteiger partial charge in [-0.1, -0.05) is 27.5 Å². The van der Waals surface area contributed by atoms with E-state index in [1.165, 1.54) is 12.4 Å². The minimum Gasteiger partial charge on any atom is -0.358 e. The largest absolute Gasteiger partial charge is 0.358 e. The van der Waals surface area contributed by atoms with Crippen LogP contribution < -0.4 is 5.09 Å². The third kappa shape index (κ3) is 3.84. The van der Waals surface area contributed by atoms with Gasteiger partial charge in [0.1, 0.15) is 10.8 Å². The summed E-state index contributed by atoms with van der Waals surface area (Å²) in [6.45, 7) is 0. The smallest absolute Gasteiger partial charge is 0.148 e. The summed E-state index contributed by atoms with van der Waals surface area (Å²) < 4.78 is 0.907. The van der Waals surface area contributed by atoms with E-state index in [9.17, 15) is 0 Å². The third-order valence-electron chi connectivity index (χ3n) is 2.29. The second-order valence-electron chi connectivity index (χ2n) is 3.51. The highest BCUT2D eigenvalue weighted by Gasteiger charge is 2.12. The number of aromatic nitrogens is 2. The van der Waals surface area contributed by atoms with Crippen LogP contribution in [0.5, 0.6) is 0 Å². The van der Waals surface area contributed by atoms with Crippen molar-refractivity contribution in [2.75, 3.05) is 5.09 Å². The molecule has 0 saturated heterocycles. The second kappa shape index (κ2) is 6.92. The molecule has 0 aliphatic carbocycles. The van der Waals surface area contributed by atoms with Crippen molar-refractivity contribution in [2.24, 2.45) is 0 Å². The first-order chi connectivity index (χ1) is 9.11. The summed E-state index contributed by atoms with van der Waals surface area (Å²) >= 11 is 11.5. The zero-order valence-electron chi connectivity index (χ0n) is 9.42. The van der Waals surface area contributed by atoms with Crippen LogP contribution in [0.4, 0.5) is 5.69 Å². The van der Waals surface area contributed by atoms with Gasteiger partial charge in [0.15, 0.2) is 0 Å². The monoisotopic (exact) mass is 468 g/mol. The van der Waals surface area contributed by atoms with E-state index in [2.05, 4.69) is 53.0 Å². The fraction of sp³-hybridized carbons (Fsp3) is 0. The SMILES string of the molecule is N=C(c1cncc(Cl)n1)c1cc(Br)ccc1NPI. The van der Waals surface area contributed by atoms with Gasteiger partial charge in [0.2, 0.25) is 0 Å². The second-order valence-corrected chi connectivity index (χ2v) is 6.87. The zero-order valence-corrected chi connectivity index (χ0v) is 14.9. The molecule has 1 aromatic carbocycles. The molecule has 1 heterocycles. The number of nitrogens with one attached hydrogen (secondary N) is 2. The summed E-state index contributed by atoms with van der Waals surface area (Å²) in [6, 6.07) is 5.74. The Hall–Kier alpha value is -0.300. The summed E-state index contributed by atoms with van der Waals surface area (Å²) in [5, 5.41) is 11.8. The van der Waals surface area contributed by atoms with Crippen molar-refractivity contribution in [1.29, 1.82) is 5.41 Å².